The summed E-state index contributed by atoms with van der Waals surface area (Å²) in [6.45, 7) is 8.03. The predicted molar refractivity (Wildman–Crippen MR) is 86.3 cm³/mol. The van der Waals surface area contributed by atoms with Crippen LogP contribution in [0.3, 0.4) is 0 Å². The lowest BCUT2D eigenvalue weighted by Crippen LogP contribution is -2.30. The zero-order chi connectivity index (χ0) is 16.9. The third kappa shape index (κ3) is 4.45. The van der Waals surface area contributed by atoms with E-state index in [1.54, 1.807) is 13.8 Å². The first-order valence-electron chi connectivity index (χ1n) is 7.35. The highest BCUT2D eigenvalue weighted by molar-refractivity contribution is 7.89. The van der Waals surface area contributed by atoms with E-state index < -0.39 is 10.0 Å². The first kappa shape index (κ1) is 18.4. The third-order valence-corrected chi connectivity index (χ3v) is 5.22. The lowest BCUT2D eigenvalue weighted by atomic mass is 10.1. The van der Waals surface area contributed by atoms with Crippen LogP contribution < -0.4 is 5.32 Å². The molecule has 0 fully saturated rings. The van der Waals surface area contributed by atoms with E-state index in [2.05, 4.69) is 5.32 Å². The Kier molecular flexibility index (Phi) is 6.37. The number of phenols is 1. The summed E-state index contributed by atoms with van der Waals surface area (Å²) in [5.74, 6) is -0.247. The molecule has 0 aliphatic rings. The van der Waals surface area contributed by atoms with E-state index in [4.69, 9.17) is 0 Å². The fourth-order valence-corrected chi connectivity index (χ4v) is 3.55. The first-order valence-corrected chi connectivity index (χ1v) is 8.79. The highest BCUT2D eigenvalue weighted by Crippen LogP contribution is 2.28. The summed E-state index contributed by atoms with van der Waals surface area (Å²) in [6.07, 6.45) is 0.298. The third-order valence-electron chi connectivity index (χ3n) is 3.18. The molecule has 22 heavy (non-hydrogen) atoms. The van der Waals surface area contributed by atoms with E-state index in [1.807, 2.05) is 13.8 Å². The van der Waals surface area contributed by atoms with Gasteiger partial charge in [0, 0.05) is 19.5 Å². The number of carbonyl (C=O) groups excluding carboxylic acids is 1. The average Bonchev–Trinajstić information content (AvgIpc) is 2.41. The molecule has 0 saturated heterocycles. The van der Waals surface area contributed by atoms with E-state index in [0.717, 1.165) is 0 Å². The predicted octanol–water partition coefficient (Wildman–Crippen LogP) is 2.41. The second-order valence-corrected chi connectivity index (χ2v) is 7.35. The molecule has 0 aliphatic heterocycles. The second-order valence-electron chi connectivity index (χ2n) is 5.41. The number of phenolic OH excluding ortho intramolecular Hbond substituents is 1. The Bertz CT molecular complexity index is 622. The number of nitrogens with one attached hydrogen (secondary N) is 1. The van der Waals surface area contributed by atoms with Crippen LogP contribution in [0.25, 0.3) is 0 Å². The van der Waals surface area contributed by atoms with Crippen LogP contribution in [0.5, 0.6) is 5.75 Å². The monoisotopic (exact) mass is 328 g/mol. The fourth-order valence-electron chi connectivity index (χ4n) is 2.06. The zero-order valence-electron chi connectivity index (χ0n) is 13.5. The number of amides is 1. The van der Waals surface area contributed by atoms with Crippen LogP contribution in [0, 0.1) is 5.92 Å². The van der Waals surface area contributed by atoms with Gasteiger partial charge in [0.1, 0.15) is 5.75 Å². The smallest absolute Gasteiger partial charge is 0.243 e. The summed E-state index contributed by atoms with van der Waals surface area (Å²) in [6, 6.07) is 3.91. The van der Waals surface area contributed by atoms with Crippen molar-refractivity contribution in [3.63, 3.8) is 0 Å². The van der Waals surface area contributed by atoms with Gasteiger partial charge in [0.25, 0.3) is 0 Å². The SMILES string of the molecule is CCN(CC)S(=O)(=O)c1ccc(O)c(NC(=O)CC(C)C)c1. The Morgan fingerprint density at radius 2 is 1.86 bits per heavy atom. The molecule has 1 aromatic carbocycles. The highest BCUT2D eigenvalue weighted by Gasteiger charge is 2.23. The minimum absolute atomic E-state index is 0.0499. The van der Waals surface area contributed by atoms with E-state index in [0.29, 0.717) is 19.5 Å². The first-order chi connectivity index (χ1) is 10.2. The number of hydrogen-bond acceptors (Lipinski definition) is 4. The largest absolute Gasteiger partial charge is 0.506 e. The van der Waals surface area contributed by atoms with Crippen LogP contribution in [0.15, 0.2) is 23.1 Å². The maximum absolute atomic E-state index is 12.5. The molecule has 0 radical (unpaired) electrons. The summed E-state index contributed by atoms with van der Waals surface area (Å²) in [4.78, 5) is 11.9. The van der Waals surface area contributed by atoms with Crippen LogP contribution in [0.1, 0.15) is 34.1 Å². The normalized spacial score (nSPS) is 11.9. The van der Waals surface area contributed by atoms with Crippen molar-refractivity contribution in [2.45, 2.75) is 39.0 Å². The van der Waals surface area contributed by atoms with Crippen LogP contribution in [0.2, 0.25) is 0 Å². The number of sulfonamides is 1. The van der Waals surface area contributed by atoms with Gasteiger partial charge >= 0.3 is 0 Å². The van der Waals surface area contributed by atoms with Gasteiger partial charge in [-0.2, -0.15) is 4.31 Å². The zero-order valence-corrected chi connectivity index (χ0v) is 14.3. The van der Waals surface area contributed by atoms with Crippen LogP contribution in [-0.2, 0) is 14.8 Å². The van der Waals surface area contributed by atoms with Gasteiger partial charge in [0.15, 0.2) is 0 Å². The molecule has 1 amide bonds. The number of nitrogens with zero attached hydrogens (tertiary/aromatic N) is 1. The molecule has 6 nitrogen and oxygen atoms in total. The Hall–Kier alpha value is -1.60. The molecular weight excluding hydrogens is 304 g/mol. The van der Waals surface area contributed by atoms with E-state index in [1.165, 1.54) is 22.5 Å². The van der Waals surface area contributed by atoms with Gasteiger partial charge < -0.3 is 10.4 Å². The molecule has 0 aromatic heterocycles. The standard InChI is InChI=1S/C15H24N2O4S/c1-5-17(6-2)22(20,21)12-7-8-14(18)13(10-12)16-15(19)9-11(3)4/h7-8,10-11,18H,5-6,9H2,1-4H3,(H,16,19). The van der Waals surface area contributed by atoms with Crippen molar-refractivity contribution in [2.75, 3.05) is 18.4 Å². The molecule has 124 valence electrons. The number of benzene rings is 1. The maximum atomic E-state index is 12.5. The van der Waals surface area contributed by atoms with Gasteiger partial charge in [-0.3, -0.25) is 4.79 Å². The van der Waals surface area contributed by atoms with E-state index in [9.17, 15) is 18.3 Å². The van der Waals surface area contributed by atoms with Crippen molar-refractivity contribution >= 4 is 21.6 Å². The molecule has 0 aliphatic carbocycles. The van der Waals surface area contributed by atoms with Gasteiger partial charge in [-0.05, 0) is 24.1 Å². The van der Waals surface area contributed by atoms with Gasteiger partial charge in [-0.1, -0.05) is 27.7 Å². The van der Waals surface area contributed by atoms with Crippen LogP contribution in [0.4, 0.5) is 5.69 Å². The molecule has 1 aromatic rings. The van der Waals surface area contributed by atoms with E-state index in [-0.39, 0.29) is 28.2 Å². The number of rotatable bonds is 7. The van der Waals surface area contributed by atoms with Crippen molar-refractivity contribution < 1.29 is 18.3 Å². The highest BCUT2D eigenvalue weighted by atomic mass is 32.2. The number of aromatic hydroxyl groups is 1. The van der Waals surface area contributed by atoms with Gasteiger partial charge in [-0.25, -0.2) is 8.42 Å². The quantitative estimate of drug-likeness (QED) is 0.753. The van der Waals surface area contributed by atoms with Crippen molar-refractivity contribution in [3.8, 4) is 5.75 Å². The second kappa shape index (κ2) is 7.60. The van der Waals surface area contributed by atoms with Gasteiger partial charge in [-0.15, -0.1) is 0 Å². The fraction of sp³-hybridized carbons (Fsp3) is 0.533. The lowest BCUT2D eigenvalue weighted by Gasteiger charge is -2.19. The van der Waals surface area contributed by atoms with E-state index >= 15 is 0 Å². The minimum atomic E-state index is -3.63. The molecule has 0 spiro atoms. The summed E-state index contributed by atoms with van der Waals surface area (Å²) in [5.41, 5.74) is 0.110. The Morgan fingerprint density at radius 1 is 1.27 bits per heavy atom. The Balaban J connectivity index is 3.11. The average molecular weight is 328 g/mol. The topological polar surface area (TPSA) is 86.7 Å². The van der Waals surface area contributed by atoms with Crippen LogP contribution >= 0.6 is 0 Å². The molecule has 7 heteroatoms. The molecule has 2 N–H and O–H groups in total. The molecule has 0 atom stereocenters. The molecule has 0 heterocycles. The molecular formula is C15H24N2O4S. The molecule has 1 rings (SSSR count). The summed E-state index contributed by atoms with van der Waals surface area (Å²) >= 11 is 0. The van der Waals surface area contributed by atoms with Crippen molar-refractivity contribution in [3.05, 3.63) is 18.2 Å². The molecule has 0 unspecified atom stereocenters. The maximum Gasteiger partial charge on any atom is 0.243 e. The Labute approximate surface area is 132 Å². The number of anilines is 1. The van der Waals surface area contributed by atoms with Crippen molar-refractivity contribution in [1.29, 1.82) is 0 Å². The lowest BCUT2D eigenvalue weighted by molar-refractivity contribution is -0.116. The Morgan fingerprint density at radius 3 is 2.36 bits per heavy atom. The molecule has 0 bridgehead atoms. The summed E-state index contributed by atoms with van der Waals surface area (Å²) < 4.78 is 26.2. The summed E-state index contributed by atoms with van der Waals surface area (Å²) in [5, 5.41) is 12.4. The van der Waals surface area contributed by atoms with Gasteiger partial charge in [0.05, 0.1) is 10.6 Å². The molecule has 0 saturated carbocycles. The van der Waals surface area contributed by atoms with Gasteiger partial charge in [0.2, 0.25) is 15.9 Å². The number of hydrogen-bond donors (Lipinski definition) is 2. The van der Waals surface area contributed by atoms with Crippen LogP contribution in [-0.4, -0.2) is 36.8 Å². The van der Waals surface area contributed by atoms with Crippen molar-refractivity contribution in [2.24, 2.45) is 5.92 Å². The summed E-state index contributed by atoms with van der Waals surface area (Å²) in [7, 11) is -3.63. The minimum Gasteiger partial charge on any atom is -0.506 e. The van der Waals surface area contributed by atoms with Crippen molar-refractivity contribution in [1.82, 2.24) is 4.31 Å². The number of carbonyl (C=O) groups is 1.